The summed E-state index contributed by atoms with van der Waals surface area (Å²) in [5.41, 5.74) is -1.34. The predicted molar refractivity (Wildman–Crippen MR) is 64.4 cm³/mol. The van der Waals surface area contributed by atoms with Crippen LogP contribution in [0.1, 0.15) is 19.7 Å². The normalized spacial score (nSPS) is 20.4. The summed E-state index contributed by atoms with van der Waals surface area (Å²) in [5, 5.41) is 1.98. The van der Waals surface area contributed by atoms with E-state index in [1.807, 2.05) is 0 Å². The summed E-state index contributed by atoms with van der Waals surface area (Å²) in [7, 11) is -3.98. The van der Waals surface area contributed by atoms with Crippen molar-refractivity contribution in [1.82, 2.24) is 19.6 Å². The highest BCUT2D eigenvalue weighted by Gasteiger charge is 2.48. The molecule has 0 aromatic carbocycles. The van der Waals surface area contributed by atoms with E-state index in [9.17, 15) is 18.0 Å². The van der Waals surface area contributed by atoms with Gasteiger partial charge in [0, 0.05) is 0 Å². The standard InChI is InChI=1S/C10H14N4O4S/c1-6-11-4-8(12-6)19(17,18)14-5-7(15)13-9(16)10(14,2)3/h4H,5H2,1-3H3,(H,11,12)(H,13,15,16). The molecular formula is C10H14N4O4S. The Morgan fingerprint density at radius 1 is 1.37 bits per heavy atom. The van der Waals surface area contributed by atoms with Gasteiger partial charge in [-0.2, -0.15) is 4.31 Å². The molecule has 1 saturated heterocycles. The molecule has 1 aromatic heterocycles. The van der Waals surface area contributed by atoms with Crippen LogP contribution in [0.3, 0.4) is 0 Å². The fourth-order valence-corrected chi connectivity index (χ4v) is 3.47. The van der Waals surface area contributed by atoms with E-state index >= 15 is 0 Å². The summed E-state index contributed by atoms with van der Waals surface area (Å²) < 4.78 is 25.7. The van der Waals surface area contributed by atoms with E-state index in [0.717, 1.165) is 10.5 Å². The smallest absolute Gasteiger partial charge is 0.261 e. The van der Waals surface area contributed by atoms with Crippen LogP contribution in [-0.4, -0.2) is 46.6 Å². The van der Waals surface area contributed by atoms with E-state index in [-0.39, 0.29) is 5.03 Å². The molecule has 0 atom stereocenters. The number of amides is 2. The fourth-order valence-electron chi connectivity index (χ4n) is 1.79. The molecule has 9 heteroatoms. The van der Waals surface area contributed by atoms with Crippen molar-refractivity contribution in [2.75, 3.05) is 6.54 Å². The Hall–Kier alpha value is -1.74. The van der Waals surface area contributed by atoms with Crippen LogP contribution in [0.2, 0.25) is 0 Å². The van der Waals surface area contributed by atoms with Gasteiger partial charge < -0.3 is 4.98 Å². The van der Waals surface area contributed by atoms with Crippen molar-refractivity contribution in [2.45, 2.75) is 31.3 Å². The highest BCUT2D eigenvalue weighted by molar-refractivity contribution is 7.89. The molecule has 2 amide bonds. The van der Waals surface area contributed by atoms with E-state index < -0.39 is 33.9 Å². The Morgan fingerprint density at radius 3 is 2.53 bits per heavy atom. The number of imide groups is 1. The number of imidazole rings is 1. The minimum Gasteiger partial charge on any atom is -0.332 e. The highest BCUT2D eigenvalue weighted by Crippen LogP contribution is 2.25. The van der Waals surface area contributed by atoms with E-state index in [0.29, 0.717) is 5.82 Å². The molecule has 2 rings (SSSR count). The van der Waals surface area contributed by atoms with Gasteiger partial charge in [-0.05, 0) is 20.8 Å². The number of carbonyl (C=O) groups is 2. The molecular weight excluding hydrogens is 272 g/mol. The summed E-state index contributed by atoms with van der Waals surface area (Å²) in [6, 6.07) is 0. The lowest BCUT2D eigenvalue weighted by molar-refractivity contribution is -0.141. The van der Waals surface area contributed by atoms with E-state index in [1.165, 1.54) is 13.8 Å². The Bertz CT molecular complexity index is 646. The lowest BCUT2D eigenvalue weighted by Crippen LogP contribution is -2.65. The molecule has 1 aliphatic heterocycles. The lowest BCUT2D eigenvalue weighted by Gasteiger charge is -2.38. The zero-order valence-corrected chi connectivity index (χ0v) is 11.5. The van der Waals surface area contributed by atoms with Crippen LogP contribution in [-0.2, 0) is 19.6 Å². The second kappa shape index (κ2) is 4.14. The summed E-state index contributed by atoms with van der Waals surface area (Å²) in [6.45, 7) is 4.09. The molecule has 0 aliphatic carbocycles. The summed E-state index contributed by atoms with van der Waals surface area (Å²) in [6.07, 6.45) is 1.16. The number of aryl methyl sites for hydroxylation is 1. The third-order valence-corrected chi connectivity index (χ3v) is 4.90. The largest absolute Gasteiger partial charge is 0.332 e. The van der Waals surface area contributed by atoms with E-state index in [4.69, 9.17) is 0 Å². The molecule has 19 heavy (non-hydrogen) atoms. The van der Waals surface area contributed by atoms with Gasteiger partial charge in [0.25, 0.3) is 10.0 Å². The van der Waals surface area contributed by atoms with Crippen molar-refractivity contribution in [3.8, 4) is 0 Å². The minimum absolute atomic E-state index is 0.138. The van der Waals surface area contributed by atoms with Crippen molar-refractivity contribution in [3.05, 3.63) is 12.0 Å². The molecule has 1 aliphatic rings. The van der Waals surface area contributed by atoms with Gasteiger partial charge in [0.1, 0.15) is 11.4 Å². The van der Waals surface area contributed by atoms with Crippen LogP contribution in [0.15, 0.2) is 11.2 Å². The lowest BCUT2D eigenvalue weighted by atomic mass is 10.0. The monoisotopic (exact) mass is 286 g/mol. The first-order valence-electron chi connectivity index (χ1n) is 5.54. The SMILES string of the molecule is Cc1ncc(S(=O)(=O)N2CC(=O)NC(=O)C2(C)C)[nH]1. The third-order valence-electron chi connectivity index (χ3n) is 2.97. The molecule has 8 nitrogen and oxygen atoms in total. The maximum atomic E-state index is 12.4. The number of H-pyrrole nitrogens is 1. The maximum Gasteiger partial charge on any atom is 0.261 e. The summed E-state index contributed by atoms with van der Waals surface area (Å²) >= 11 is 0. The van der Waals surface area contributed by atoms with Crippen molar-refractivity contribution in [1.29, 1.82) is 0 Å². The van der Waals surface area contributed by atoms with Crippen molar-refractivity contribution < 1.29 is 18.0 Å². The van der Waals surface area contributed by atoms with Gasteiger partial charge in [0.2, 0.25) is 11.8 Å². The molecule has 0 unspecified atom stereocenters. The number of carbonyl (C=O) groups excluding carboxylic acids is 2. The molecule has 1 fully saturated rings. The minimum atomic E-state index is -3.98. The van der Waals surface area contributed by atoms with E-state index in [2.05, 4.69) is 15.3 Å². The number of aromatic amines is 1. The molecule has 0 saturated carbocycles. The first kappa shape index (κ1) is 13.7. The first-order chi connectivity index (χ1) is 8.65. The van der Waals surface area contributed by atoms with Crippen LogP contribution in [0.4, 0.5) is 0 Å². The van der Waals surface area contributed by atoms with Gasteiger partial charge in [0.05, 0.1) is 12.7 Å². The third kappa shape index (κ3) is 2.15. The number of rotatable bonds is 2. The van der Waals surface area contributed by atoms with Crippen LogP contribution in [0, 0.1) is 6.92 Å². The zero-order valence-electron chi connectivity index (χ0n) is 10.7. The number of piperazine rings is 1. The van der Waals surface area contributed by atoms with Gasteiger partial charge in [-0.25, -0.2) is 13.4 Å². The number of hydrogen-bond donors (Lipinski definition) is 2. The Balaban J connectivity index is 2.49. The van der Waals surface area contributed by atoms with Gasteiger partial charge in [-0.3, -0.25) is 14.9 Å². The number of sulfonamides is 1. The quantitative estimate of drug-likeness (QED) is 0.687. The maximum absolute atomic E-state index is 12.4. The Morgan fingerprint density at radius 2 is 2.00 bits per heavy atom. The van der Waals surface area contributed by atoms with Crippen molar-refractivity contribution >= 4 is 21.8 Å². The molecule has 2 N–H and O–H groups in total. The molecule has 0 radical (unpaired) electrons. The van der Waals surface area contributed by atoms with Crippen LogP contribution in [0.5, 0.6) is 0 Å². The second-order valence-electron chi connectivity index (χ2n) is 4.78. The average molecular weight is 286 g/mol. The number of nitrogens with one attached hydrogen (secondary N) is 2. The highest BCUT2D eigenvalue weighted by atomic mass is 32.2. The predicted octanol–water partition coefficient (Wildman–Crippen LogP) is -0.856. The van der Waals surface area contributed by atoms with E-state index in [1.54, 1.807) is 6.92 Å². The molecule has 104 valence electrons. The van der Waals surface area contributed by atoms with Crippen LogP contribution < -0.4 is 5.32 Å². The second-order valence-corrected chi connectivity index (χ2v) is 6.61. The Labute approximate surface area is 110 Å². The number of hydrogen-bond acceptors (Lipinski definition) is 5. The van der Waals surface area contributed by atoms with Crippen LogP contribution >= 0.6 is 0 Å². The average Bonchev–Trinajstić information content (AvgIpc) is 2.71. The van der Waals surface area contributed by atoms with Crippen molar-refractivity contribution in [2.24, 2.45) is 0 Å². The zero-order chi connectivity index (χ0) is 14.4. The number of aromatic nitrogens is 2. The topological polar surface area (TPSA) is 112 Å². The van der Waals surface area contributed by atoms with Gasteiger partial charge in [-0.1, -0.05) is 0 Å². The van der Waals surface area contributed by atoms with Gasteiger partial charge in [0.15, 0.2) is 5.03 Å². The fraction of sp³-hybridized carbons (Fsp3) is 0.500. The molecule has 2 heterocycles. The van der Waals surface area contributed by atoms with Crippen LogP contribution in [0.25, 0.3) is 0 Å². The summed E-state index contributed by atoms with van der Waals surface area (Å²) in [5.74, 6) is -0.864. The number of nitrogens with zero attached hydrogens (tertiary/aromatic N) is 2. The summed E-state index contributed by atoms with van der Waals surface area (Å²) in [4.78, 5) is 29.6. The molecule has 0 bridgehead atoms. The van der Waals surface area contributed by atoms with Gasteiger partial charge >= 0.3 is 0 Å². The Kier molecular flexibility index (Phi) is 2.98. The molecule has 0 spiro atoms. The van der Waals surface area contributed by atoms with Gasteiger partial charge in [-0.15, -0.1) is 0 Å². The molecule has 1 aromatic rings. The first-order valence-corrected chi connectivity index (χ1v) is 6.98. The van der Waals surface area contributed by atoms with Crippen molar-refractivity contribution in [3.63, 3.8) is 0 Å².